The predicted octanol–water partition coefficient (Wildman–Crippen LogP) is 1.92. The number of amides is 1. The Labute approximate surface area is 141 Å². The largest absolute Gasteiger partial charge is 0.496 e. The van der Waals surface area contributed by atoms with Gasteiger partial charge in [-0.05, 0) is 25.5 Å². The fourth-order valence-electron chi connectivity index (χ4n) is 3.03. The third-order valence-electron chi connectivity index (χ3n) is 4.35. The quantitative estimate of drug-likeness (QED) is 0.930. The number of hydrogen-bond donors (Lipinski definition) is 1. The zero-order chi connectivity index (χ0) is 17.1. The average Bonchev–Trinajstić information content (AvgIpc) is 2.87. The number of aryl methyl sites for hydroxylation is 1. The van der Waals surface area contributed by atoms with E-state index >= 15 is 0 Å². The molecule has 1 N–H and O–H groups in total. The smallest absolute Gasteiger partial charge is 0.227 e. The second kappa shape index (κ2) is 7.05. The van der Waals surface area contributed by atoms with Crippen LogP contribution in [0.5, 0.6) is 5.75 Å². The van der Waals surface area contributed by atoms with E-state index in [1.807, 2.05) is 39.9 Å². The highest BCUT2D eigenvalue weighted by atomic mass is 16.5. The lowest BCUT2D eigenvalue weighted by molar-refractivity contribution is -0.131. The summed E-state index contributed by atoms with van der Waals surface area (Å²) >= 11 is 0. The van der Waals surface area contributed by atoms with Gasteiger partial charge in [0, 0.05) is 18.7 Å². The molecule has 0 unspecified atom stereocenters. The molecule has 0 bridgehead atoms. The standard InChI is InChI=1S/C18H23N3O3/c1-13(22)16-11-15-12-20(8-5-9-21(15)19-16)18(23)10-14-6-3-4-7-17(14)24-2/h3-4,6-7,11,13,22H,5,8-10,12H2,1-2H3/t13-/m0/s1. The van der Waals surface area contributed by atoms with Crippen LogP contribution >= 0.6 is 0 Å². The van der Waals surface area contributed by atoms with Gasteiger partial charge in [-0.1, -0.05) is 18.2 Å². The molecule has 1 aliphatic rings. The van der Waals surface area contributed by atoms with E-state index in [9.17, 15) is 9.90 Å². The molecule has 1 aliphatic heterocycles. The SMILES string of the molecule is COc1ccccc1CC(=O)N1CCCn2nc([C@H](C)O)cc2C1. The number of carbonyl (C=O) groups is 1. The van der Waals surface area contributed by atoms with Crippen molar-refractivity contribution in [1.29, 1.82) is 0 Å². The number of para-hydroxylation sites is 1. The van der Waals surface area contributed by atoms with Crippen LogP contribution in [0.2, 0.25) is 0 Å². The van der Waals surface area contributed by atoms with Gasteiger partial charge in [-0.3, -0.25) is 9.48 Å². The van der Waals surface area contributed by atoms with E-state index in [0.29, 0.717) is 25.2 Å². The summed E-state index contributed by atoms with van der Waals surface area (Å²) in [4.78, 5) is 14.6. The molecular weight excluding hydrogens is 306 g/mol. The maximum absolute atomic E-state index is 12.7. The first-order valence-electron chi connectivity index (χ1n) is 8.23. The average molecular weight is 329 g/mol. The molecule has 6 nitrogen and oxygen atoms in total. The molecule has 6 heteroatoms. The summed E-state index contributed by atoms with van der Waals surface area (Å²) in [5, 5.41) is 14.1. The third-order valence-corrected chi connectivity index (χ3v) is 4.35. The molecule has 3 rings (SSSR count). The van der Waals surface area contributed by atoms with Crippen molar-refractivity contribution in [2.45, 2.75) is 39.0 Å². The first kappa shape index (κ1) is 16.5. The van der Waals surface area contributed by atoms with Crippen molar-refractivity contribution in [1.82, 2.24) is 14.7 Å². The van der Waals surface area contributed by atoms with Crippen LogP contribution < -0.4 is 4.74 Å². The molecule has 0 radical (unpaired) electrons. The number of nitrogens with zero attached hydrogens (tertiary/aromatic N) is 3. The van der Waals surface area contributed by atoms with E-state index < -0.39 is 6.10 Å². The predicted molar refractivity (Wildman–Crippen MR) is 89.6 cm³/mol. The second-order valence-corrected chi connectivity index (χ2v) is 6.12. The lowest BCUT2D eigenvalue weighted by Gasteiger charge is -2.20. The van der Waals surface area contributed by atoms with Gasteiger partial charge < -0.3 is 14.7 Å². The van der Waals surface area contributed by atoms with Gasteiger partial charge in [-0.15, -0.1) is 0 Å². The maximum atomic E-state index is 12.7. The Morgan fingerprint density at radius 3 is 2.92 bits per heavy atom. The number of benzene rings is 1. The molecule has 0 fully saturated rings. The summed E-state index contributed by atoms with van der Waals surface area (Å²) in [6, 6.07) is 9.49. The minimum atomic E-state index is -0.595. The Balaban J connectivity index is 1.75. The number of fused-ring (bicyclic) bond motifs is 1. The van der Waals surface area contributed by atoms with Gasteiger partial charge in [0.15, 0.2) is 0 Å². The Hall–Kier alpha value is -2.34. The van der Waals surface area contributed by atoms with Crippen LogP contribution in [0.3, 0.4) is 0 Å². The summed E-state index contributed by atoms with van der Waals surface area (Å²) in [5.74, 6) is 0.815. The number of hydrogen-bond acceptors (Lipinski definition) is 4. The number of aliphatic hydroxyl groups excluding tert-OH is 1. The summed E-state index contributed by atoms with van der Waals surface area (Å²) in [5.41, 5.74) is 2.52. The van der Waals surface area contributed by atoms with Crippen molar-refractivity contribution in [3.05, 3.63) is 47.3 Å². The van der Waals surface area contributed by atoms with Crippen LogP contribution in [-0.4, -0.2) is 39.3 Å². The van der Waals surface area contributed by atoms with Crippen molar-refractivity contribution < 1.29 is 14.6 Å². The highest BCUT2D eigenvalue weighted by molar-refractivity contribution is 5.79. The molecule has 2 heterocycles. The van der Waals surface area contributed by atoms with E-state index in [0.717, 1.165) is 30.0 Å². The van der Waals surface area contributed by atoms with Crippen molar-refractivity contribution >= 4 is 5.91 Å². The number of carbonyl (C=O) groups excluding carboxylic acids is 1. The van der Waals surface area contributed by atoms with Crippen LogP contribution in [0.15, 0.2) is 30.3 Å². The molecule has 128 valence electrons. The van der Waals surface area contributed by atoms with Crippen molar-refractivity contribution in [2.24, 2.45) is 0 Å². The molecule has 0 spiro atoms. The van der Waals surface area contributed by atoms with Crippen LogP contribution in [0.25, 0.3) is 0 Å². The highest BCUT2D eigenvalue weighted by Crippen LogP contribution is 2.21. The van der Waals surface area contributed by atoms with E-state index in [4.69, 9.17) is 4.74 Å². The summed E-state index contributed by atoms with van der Waals surface area (Å²) < 4.78 is 7.23. The van der Waals surface area contributed by atoms with Crippen LogP contribution in [0.1, 0.15) is 36.4 Å². The van der Waals surface area contributed by atoms with Gasteiger partial charge in [0.25, 0.3) is 0 Å². The highest BCUT2D eigenvalue weighted by Gasteiger charge is 2.22. The van der Waals surface area contributed by atoms with Gasteiger partial charge in [0.1, 0.15) is 5.75 Å². The molecule has 0 saturated carbocycles. The topological polar surface area (TPSA) is 67.6 Å². The van der Waals surface area contributed by atoms with E-state index in [1.165, 1.54) is 0 Å². The maximum Gasteiger partial charge on any atom is 0.227 e. The van der Waals surface area contributed by atoms with E-state index in [-0.39, 0.29) is 5.91 Å². The van der Waals surface area contributed by atoms with Crippen molar-refractivity contribution in [3.63, 3.8) is 0 Å². The van der Waals surface area contributed by atoms with Gasteiger partial charge in [0.05, 0.1) is 37.6 Å². The van der Waals surface area contributed by atoms with Crippen LogP contribution in [0, 0.1) is 0 Å². The van der Waals surface area contributed by atoms with Crippen molar-refractivity contribution in [3.8, 4) is 5.75 Å². The molecule has 1 aromatic carbocycles. The molecule has 1 amide bonds. The summed E-state index contributed by atoms with van der Waals surface area (Å²) in [7, 11) is 1.62. The molecular formula is C18H23N3O3. The lowest BCUT2D eigenvalue weighted by Crippen LogP contribution is -2.32. The Bertz CT molecular complexity index is 724. The Morgan fingerprint density at radius 2 is 2.17 bits per heavy atom. The molecule has 1 atom stereocenters. The first-order chi connectivity index (χ1) is 11.6. The lowest BCUT2D eigenvalue weighted by atomic mass is 10.1. The number of aromatic nitrogens is 2. The molecule has 0 aliphatic carbocycles. The summed E-state index contributed by atoms with van der Waals surface area (Å²) in [6.07, 6.45) is 0.578. The number of aliphatic hydroxyl groups is 1. The Kier molecular flexibility index (Phi) is 4.85. The molecule has 1 aromatic heterocycles. The third kappa shape index (κ3) is 3.43. The van der Waals surface area contributed by atoms with Crippen LogP contribution in [-0.2, 0) is 24.3 Å². The minimum Gasteiger partial charge on any atom is -0.496 e. The molecule has 24 heavy (non-hydrogen) atoms. The summed E-state index contributed by atoms with van der Waals surface area (Å²) in [6.45, 7) is 3.70. The van der Waals surface area contributed by atoms with Crippen LogP contribution in [0.4, 0.5) is 0 Å². The minimum absolute atomic E-state index is 0.0766. The van der Waals surface area contributed by atoms with Gasteiger partial charge in [-0.25, -0.2) is 0 Å². The number of methoxy groups -OCH3 is 1. The second-order valence-electron chi connectivity index (χ2n) is 6.12. The van der Waals surface area contributed by atoms with Gasteiger partial charge >= 0.3 is 0 Å². The van der Waals surface area contributed by atoms with Gasteiger partial charge in [0.2, 0.25) is 5.91 Å². The van der Waals surface area contributed by atoms with Gasteiger partial charge in [-0.2, -0.15) is 5.10 Å². The monoisotopic (exact) mass is 329 g/mol. The zero-order valence-corrected chi connectivity index (χ0v) is 14.1. The molecule has 0 saturated heterocycles. The number of ether oxygens (including phenoxy) is 1. The zero-order valence-electron chi connectivity index (χ0n) is 14.1. The fraction of sp³-hybridized carbons (Fsp3) is 0.444. The fourth-order valence-corrected chi connectivity index (χ4v) is 3.03. The first-order valence-corrected chi connectivity index (χ1v) is 8.23. The van der Waals surface area contributed by atoms with E-state index in [2.05, 4.69) is 5.10 Å². The Morgan fingerprint density at radius 1 is 1.38 bits per heavy atom. The molecule has 2 aromatic rings. The number of rotatable bonds is 4. The van der Waals surface area contributed by atoms with Crippen molar-refractivity contribution in [2.75, 3.05) is 13.7 Å². The van der Waals surface area contributed by atoms with E-state index in [1.54, 1.807) is 14.0 Å². The normalized spacial score (nSPS) is 15.5.